The predicted octanol–water partition coefficient (Wildman–Crippen LogP) is 2.34. The molecule has 0 atom stereocenters. The molecule has 0 saturated heterocycles. The van der Waals surface area contributed by atoms with E-state index in [-0.39, 0.29) is 16.5 Å². The van der Waals surface area contributed by atoms with Crippen molar-refractivity contribution in [3.05, 3.63) is 40.5 Å². The fraction of sp³-hybridized carbons (Fsp3) is 0.111. The molecule has 0 aliphatic heterocycles. The molecule has 0 N–H and O–H groups in total. The van der Waals surface area contributed by atoms with Crippen molar-refractivity contribution in [2.75, 3.05) is 0 Å². The smallest absolute Gasteiger partial charge is 0.148 e. The maximum absolute atomic E-state index is 7.95. The van der Waals surface area contributed by atoms with Gasteiger partial charge in [-0.25, -0.2) is 4.68 Å². The lowest BCUT2D eigenvalue weighted by Crippen LogP contribution is -1.94. The molecule has 0 amide bonds. The molecule has 0 aliphatic rings. The summed E-state index contributed by atoms with van der Waals surface area (Å²) in [5.74, 6) is 0. The number of nitrogens with zero attached hydrogens (tertiary/aromatic N) is 3. The van der Waals surface area contributed by atoms with Crippen LogP contribution in [0.15, 0.2) is 34.9 Å². The van der Waals surface area contributed by atoms with Crippen LogP contribution >= 0.6 is 15.9 Å². The molecule has 2 aromatic rings. The van der Waals surface area contributed by atoms with Gasteiger partial charge in [-0.2, -0.15) is 0 Å². The van der Waals surface area contributed by atoms with E-state index in [1.165, 1.54) is 0 Å². The van der Waals surface area contributed by atoms with Crippen molar-refractivity contribution in [2.45, 2.75) is 6.85 Å². The van der Waals surface area contributed by atoms with Crippen LogP contribution < -0.4 is 0 Å². The molecule has 66 valence electrons. The Morgan fingerprint density at radius 1 is 1.62 bits per heavy atom. The first kappa shape index (κ1) is 3.20. The van der Waals surface area contributed by atoms with Gasteiger partial charge in [-0.1, -0.05) is 17.3 Å². The van der Waals surface area contributed by atoms with Crippen molar-refractivity contribution in [3.8, 4) is 5.69 Å². The maximum atomic E-state index is 7.95. The van der Waals surface area contributed by atoms with Gasteiger partial charge in [0.05, 0.1) is 18.7 Å². The first-order chi connectivity index (χ1) is 9.57. The zero-order valence-corrected chi connectivity index (χ0v) is 7.81. The van der Waals surface area contributed by atoms with Crippen molar-refractivity contribution in [3.63, 3.8) is 0 Å². The topological polar surface area (TPSA) is 30.7 Å². The summed E-state index contributed by atoms with van der Waals surface area (Å²) in [5.41, 5.74) is -1.00. The predicted molar refractivity (Wildman–Crippen MR) is 53.8 cm³/mol. The van der Waals surface area contributed by atoms with E-state index >= 15 is 0 Å². The number of hydrogen-bond donors (Lipinski definition) is 0. The van der Waals surface area contributed by atoms with E-state index in [9.17, 15) is 0 Å². The van der Waals surface area contributed by atoms with Gasteiger partial charge >= 0.3 is 0 Å². The van der Waals surface area contributed by atoms with Gasteiger partial charge in [-0.15, -0.1) is 5.10 Å². The van der Waals surface area contributed by atoms with Gasteiger partial charge in [-0.3, -0.25) is 0 Å². The molecule has 1 aromatic heterocycles. The molecule has 0 spiro atoms. The number of halogens is 1. The van der Waals surface area contributed by atoms with Crippen LogP contribution in [0.2, 0.25) is 0 Å². The summed E-state index contributed by atoms with van der Waals surface area (Å²) < 4.78 is 61.9. The fourth-order valence-corrected chi connectivity index (χ4v) is 0.995. The van der Waals surface area contributed by atoms with Gasteiger partial charge in [0.2, 0.25) is 0 Å². The quantitative estimate of drug-likeness (QED) is 0.773. The van der Waals surface area contributed by atoms with Crippen molar-refractivity contribution in [1.82, 2.24) is 15.0 Å². The van der Waals surface area contributed by atoms with Gasteiger partial charge in [0.25, 0.3) is 0 Å². The molecule has 4 heteroatoms. The Morgan fingerprint density at radius 3 is 3.23 bits per heavy atom. The highest BCUT2D eigenvalue weighted by Gasteiger charge is 1.98. The van der Waals surface area contributed by atoms with E-state index < -0.39 is 36.6 Å². The monoisotopic (exact) mass is 245 g/mol. The van der Waals surface area contributed by atoms with Crippen LogP contribution in [-0.2, 0) is 0 Å². The van der Waals surface area contributed by atoms with E-state index in [0.29, 0.717) is 0 Å². The highest BCUT2D eigenvalue weighted by Crippen LogP contribution is 2.11. The zero-order valence-electron chi connectivity index (χ0n) is 14.2. The highest BCUT2D eigenvalue weighted by molar-refractivity contribution is 9.10. The molecule has 0 aliphatic carbocycles. The van der Waals surface area contributed by atoms with E-state index in [1.807, 2.05) is 0 Å². The lowest BCUT2D eigenvalue weighted by molar-refractivity contribution is 0.801. The maximum Gasteiger partial charge on any atom is 0.148 e. The minimum Gasteiger partial charge on any atom is -0.220 e. The standard InChI is InChI=1S/C9H8BrN3/c1-7-3-2-4-8(5-7)13-6-9(10)11-12-13/h2-6H,1H3/i1D3,2D,3D,4D,5D,6D. The van der Waals surface area contributed by atoms with E-state index in [4.69, 9.17) is 11.0 Å². The molecule has 1 heterocycles. The van der Waals surface area contributed by atoms with E-state index in [1.54, 1.807) is 0 Å². The molecule has 0 bridgehead atoms. The summed E-state index contributed by atoms with van der Waals surface area (Å²) in [5, 5.41) is 7.11. The third-order valence-electron chi connectivity index (χ3n) is 1.24. The fourth-order valence-electron chi connectivity index (χ4n) is 0.756. The van der Waals surface area contributed by atoms with Gasteiger partial charge in [0.1, 0.15) is 4.60 Å². The normalized spacial score (nSPS) is 20.1. The SMILES string of the molecule is [2H]c1c([2H])c(-n2nnc(Br)c2[2H])c([2H])c(C([2H])([2H])[2H])c1[2H]. The molecule has 0 fully saturated rings. The molecule has 1 aromatic carbocycles. The Kier molecular flexibility index (Phi) is 0.813. The third-order valence-corrected chi connectivity index (χ3v) is 1.58. The largest absolute Gasteiger partial charge is 0.220 e. The Labute approximate surface area is 95.8 Å². The van der Waals surface area contributed by atoms with E-state index in [2.05, 4.69) is 26.2 Å². The first-order valence-corrected chi connectivity index (χ1v) is 4.05. The summed E-state index contributed by atoms with van der Waals surface area (Å²) in [4.78, 5) is 0. The van der Waals surface area contributed by atoms with Crippen LogP contribution in [0, 0.1) is 6.85 Å². The molecule has 3 nitrogen and oxygen atoms in total. The van der Waals surface area contributed by atoms with Gasteiger partial charge in [-0.05, 0) is 40.4 Å². The molecular weight excluding hydrogens is 230 g/mol. The summed E-state index contributed by atoms with van der Waals surface area (Å²) in [6.45, 7) is -2.79. The zero-order chi connectivity index (χ0) is 16.1. The lowest BCUT2D eigenvalue weighted by Gasteiger charge is -1.99. The molecule has 0 saturated carbocycles. The summed E-state index contributed by atoms with van der Waals surface area (Å²) in [6.07, 6.45) is -0.286. The Balaban J connectivity index is 2.91. The average molecular weight is 246 g/mol. The molecule has 2 rings (SSSR count). The summed E-state index contributed by atoms with van der Waals surface area (Å²) in [7, 11) is 0. The second-order valence-electron chi connectivity index (χ2n) is 2.13. The second kappa shape index (κ2) is 3.30. The minimum absolute atomic E-state index is 0.0539. The first-order valence-electron chi connectivity index (χ1n) is 7.26. The van der Waals surface area contributed by atoms with Crippen LogP contribution in [0.5, 0.6) is 0 Å². The second-order valence-corrected chi connectivity index (χ2v) is 2.88. The average Bonchev–Trinajstić information content (AvgIpc) is 2.67. The van der Waals surface area contributed by atoms with Crippen molar-refractivity contribution < 1.29 is 11.0 Å². The van der Waals surface area contributed by atoms with E-state index in [0.717, 1.165) is 4.68 Å². The van der Waals surface area contributed by atoms with Gasteiger partial charge < -0.3 is 0 Å². The third kappa shape index (κ3) is 1.78. The number of aromatic nitrogens is 3. The molecule has 0 radical (unpaired) electrons. The van der Waals surface area contributed by atoms with Crippen LogP contribution in [-0.4, -0.2) is 15.0 Å². The van der Waals surface area contributed by atoms with Crippen LogP contribution in [0.4, 0.5) is 0 Å². The van der Waals surface area contributed by atoms with Crippen molar-refractivity contribution in [2.24, 2.45) is 0 Å². The van der Waals surface area contributed by atoms with Crippen LogP contribution in [0.25, 0.3) is 5.69 Å². The highest BCUT2D eigenvalue weighted by atomic mass is 79.9. The number of rotatable bonds is 1. The van der Waals surface area contributed by atoms with Crippen molar-refractivity contribution >= 4 is 15.9 Å². The number of benzene rings is 1. The summed E-state index contributed by atoms with van der Waals surface area (Å²) >= 11 is 2.95. The Morgan fingerprint density at radius 2 is 2.54 bits per heavy atom. The lowest BCUT2D eigenvalue weighted by atomic mass is 10.2. The Bertz CT molecular complexity index is 723. The molecule has 0 unspecified atom stereocenters. The minimum atomic E-state index is -2.79. The Hall–Kier alpha value is -1.16. The molecular formula is C9H8BrN3. The van der Waals surface area contributed by atoms with Crippen LogP contribution in [0.3, 0.4) is 0 Å². The van der Waals surface area contributed by atoms with Gasteiger partial charge in [0, 0.05) is 4.11 Å². The van der Waals surface area contributed by atoms with Gasteiger partial charge in [0.15, 0.2) is 0 Å². The van der Waals surface area contributed by atoms with Crippen LogP contribution in [0.1, 0.15) is 16.5 Å². The molecule has 13 heavy (non-hydrogen) atoms. The summed E-state index contributed by atoms with van der Waals surface area (Å²) in [6, 6.07) is -2.52. The van der Waals surface area contributed by atoms with Crippen molar-refractivity contribution in [1.29, 1.82) is 0 Å². The number of hydrogen-bond acceptors (Lipinski definition) is 2.